The molecule has 0 spiro atoms. The fraction of sp³-hybridized carbons (Fsp3) is 0.368. The molecule has 2 aromatic carbocycles. The molecule has 114 valence electrons. The second-order valence-corrected chi connectivity index (χ2v) is 5.99. The lowest BCUT2D eigenvalue weighted by atomic mass is 10.0. The molecule has 2 aromatic rings. The third kappa shape index (κ3) is 2.74. The summed E-state index contributed by atoms with van der Waals surface area (Å²) in [6, 6.07) is 16.7. The van der Waals surface area contributed by atoms with Crippen molar-refractivity contribution < 1.29 is 14.2 Å². The van der Waals surface area contributed by atoms with E-state index in [1.165, 1.54) is 16.7 Å². The van der Waals surface area contributed by atoms with Crippen molar-refractivity contribution in [3.8, 4) is 16.9 Å². The van der Waals surface area contributed by atoms with Gasteiger partial charge in [-0.2, -0.15) is 0 Å². The second-order valence-electron chi connectivity index (χ2n) is 5.99. The van der Waals surface area contributed by atoms with Gasteiger partial charge in [-0.15, -0.1) is 0 Å². The number of ether oxygens (including phenoxy) is 3. The van der Waals surface area contributed by atoms with Crippen LogP contribution < -0.4 is 4.74 Å². The van der Waals surface area contributed by atoms with Crippen molar-refractivity contribution in [3.05, 3.63) is 54.1 Å². The molecule has 1 heterocycles. The molecule has 1 saturated heterocycles. The Bertz CT molecular complexity index is 633. The fourth-order valence-corrected chi connectivity index (χ4v) is 3.17. The number of methoxy groups -OCH3 is 1. The first-order valence-electron chi connectivity index (χ1n) is 7.84. The van der Waals surface area contributed by atoms with Crippen molar-refractivity contribution in [1.29, 1.82) is 0 Å². The number of benzene rings is 2. The van der Waals surface area contributed by atoms with Crippen molar-refractivity contribution >= 4 is 0 Å². The molecule has 4 rings (SSSR count). The maximum atomic E-state index is 5.98. The monoisotopic (exact) mass is 296 g/mol. The van der Waals surface area contributed by atoms with E-state index >= 15 is 0 Å². The molecule has 3 heteroatoms. The summed E-state index contributed by atoms with van der Waals surface area (Å²) >= 11 is 0. The molecule has 0 N–H and O–H groups in total. The Labute approximate surface area is 130 Å². The highest BCUT2D eigenvalue weighted by Gasteiger charge is 2.50. The Kier molecular flexibility index (Phi) is 3.60. The quantitative estimate of drug-likeness (QED) is 0.786. The maximum absolute atomic E-state index is 5.98. The van der Waals surface area contributed by atoms with Gasteiger partial charge in [0.05, 0.1) is 25.9 Å². The molecule has 1 saturated carbocycles. The summed E-state index contributed by atoms with van der Waals surface area (Å²) in [5, 5.41) is 0. The van der Waals surface area contributed by atoms with Crippen LogP contribution in [0.15, 0.2) is 48.5 Å². The molecular weight excluding hydrogens is 276 g/mol. The van der Waals surface area contributed by atoms with E-state index in [4.69, 9.17) is 14.2 Å². The van der Waals surface area contributed by atoms with E-state index in [2.05, 4.69) is 36.4 Å². The highest BCUT2D eigenvalue weighted by atomic mass is 16.6. The summed E-state index contributed by atoms with van der Waals surface area (Å²) in [5.74, 6) is 0.880. The van der Waals surface area contributed by atoms with Crippen LogP contribution in [0.1, 0.15) is 18.4 Å². The zero-order chi connectivity index (χ0) is 14.9. The molecule has 3 nitrogen and oxygen atoms in total. The van der Waals surface area contributed by atoms with Crippen LogP contribution in [0.5, 0.6) is 5.75 Å². The van der Waals surface area contributed by atoms with E-state index in [9.17, 15) is 0 Å². The molecule has 1 aliphatic carbocycles. The maximum Gasteiger partial charge on any atom is 0.118 e. The Hall–Kier alpha value is -1.84. The van der Waals surface area contributed by atoms with Gasteiger partial charge in [0.15, 0.2) is 0 Å². The van der Waals surface area contributed by atoms with Crippen molar-refractivity contribution in [2.24, 2.45) is 0 Å². The lowest BCUT2D eigenvalue weighted by Crippen LogP contribution is -2.15. The van der Waals surface area contributed by atoms with Crippen LogP contribution in [0.2, 0.25) is 0 Å². The highest BCUT2D eigenvalue weighted by Crippen LogP contribution is 2.40. The third-order valence-corrected chi connectivity index (χ3v) is 4.57. The van der Waals surface area contributed by atoms with Gasteiger partial charge in [0.1, 0.15) is 11.9 Å². The van der Waals surface area contributed by atoms with Gasteiger partial charge in [0, 0.05) is 0 Å². The van der Waals surface area contributed by atoms with E-state index in [1.807, 2.05) is 12.1 Å². The number of rotatable bonds is 5. The molecule has 0 radical (unpaired) electrons. The van der Waals surface area contributed by atoms with Crippen molar-refractivity contribution in [3.63, 3.8) is 0 Å². The Morgan fingerprint density at radius 2 is 1.64 bits per heavy atom. The van der Waals surface area contributed by atoms with E-state index < -0.39 is 0 Å². The van der Waals surface area contributed by atoms with Gasteiger partial charge < -0.3 is 14.2 Å². The fourth-order valence-electron chi connectivity index (χ4n) is 3.17. The van der Waals surface area contributed by atoms with Gasteiger partial charge in [-0.25, -0.2) is 0 Å². The summed E-state index contributed by atoms with van der Waals surface area (Å²) in [4.78, 5) is 0. The van der Waals surface area contributed by atoms with E-state index in [-0.39, 0.29) is 0 Å². The summed E-state index contributed by atoms with van der Waals surface area (Å²) in [6.45, 7) is 0.667. The van der Waals surface area contributed by atoms with Crippen LogP contribution in [0.4, 0.5) is 0 Å². The van der Waals surface area contributed by atoms with Crippen molar-refractivity contribution in [1.82, 2.24) is 0 Å². The van der Waals surface area contributed by atoms with Gasteiger partial charge >= 0.3 is 0 Å². The molecule has 0 aromatic heterocycles. The van der Waals surface area contributed by atoms with Crippen molar-refractivity contribution in [2.75, 3.05) is 7.11 Å². The first-order chi connectivity index (χ1) is 10.8. The zero-order valence-corrected chi connectivity index (χ0v) is 12.7. The lowest BCUT2D eigenvalue weighted by molar-refractivity contribution is 0.0160. The molecule has 22 heavy (non-hydrogen) atoms. The van der Waals surface area contributed by atoms with Crippen molar-refractivity contribution in [2.45, 2.75) is 37.8 Å². The Morgan fingerprint density at radius 3 is 2.18 bits per heavy atom. The lowest BCUT2D eigenvalue weighted by Gasteiger charge is -2.12. The summed E-state index contributed by atoms with van der Waals surface area (Å²) in [5.41, 5.74) is 3.61. The second kappa shape index (κ2) is 5.75. The van der Waals surface area contributed by atoms with Crippen LogP contribution in [-0.4, -0.2) is 25.4 Å². The Morgan fingerprint density at radius 1 is 0.955 bits per heavy atom. The number of hydrogen-bond donors (Lipinski definition) is 0. The van der Waals surface area contributed by atoms with E-state index in [1.54, 1.807) is 7.11 Å². The molecule has 2 aliphatic rings. The average molecular weight is 296 g/mol. The summed E-state index contributed by atoms with van der Waals surface area (Å²) in [6.07, 6.45) is 3.46. The molecule has 2 fully saturated rings. The number of fused-ring (bicyclic) bond motifs is 1. The third-order valence-electron chi connectivity index (χ3n) is 4.57. The first-order valence-corrected chi connectivity index (χ1v) is 7.84. The molecular formula is C19H20O3. The average Bonchev–Trinajstić information content (AvgIpc) is 3.26. The van der Waals surface area contributed by atoms with Gasteiger partial charge in [-0.3, -0.25) is 0 Å². The van der Waals surface area contributed by atoms with Gasteiger partial charge in [0.25, 0.3) is 0 Å². The minimum absolute atomic E-state index is 0.297. The van der Waals surface area contributed by atoms with Crippen LogP contribution in [0.25, 0.3) is 11.1 Å². The minimum atomic E-state index is 0.297. The van der Waals surface area contributed by atoms with Gasteiger partial charge in [-0.1, -0.05) is 36.4 Å². The first kappa shape index (κ1) is 13.8. The predicted octanol–water partition coefficient (Wildman–Crippen LogP) is 3.81. The van der Waals surface area contributed by atoms with Crippen LogP contribution in [-0.2, 0) is 16.1 Å². The van der Waals surface area contributed by atoms with E-state index in [0.29, 0.717) is 24.9 Å². The van der Waals surface area contributed by atoms with Crippen LogP contribution >= 0.6 is 0 Å². The number of epoxide rings is 1. The van der Waals surface area contributed by atoms with Crippen LogP contribution in [0, 0.1) is 0 Å². The molecule has 1 aliphatic heterocycles. The molecule has 3 atom stereocenters. The standard InChI is InChI=1S/C19H20O3/c1-20-16-8-6-15(7-9-16)14-4-2-13(3-5-14)12-21-17-10-11-18-19(17)22-18/h2-9,17-19H,10-12H2,1H3/t17-,18-,19+/m1/s1. The Balaban J connectivity index is 1.39. The number of hydrogen-bond acceptors (Lipinski definition) is 3. The smallest absolute Gasteiger partial charge is 0.118 e. The largest absolute Gasteiger partial charge is 0.497 e. The zero-order valence-electron chi connectivity index (χ0n) is 12.7. The molecule has 0 amide bonds. The SMILES string of the molecule is COc1ccc(-c2ccc(CO[C@@H]3CC[C@H]4O[C@@H]34)cc2)cc1. The normalized spacial score (nSPS) is 25.8. The predicted molar refractivity (Wildman–Crippen MR) is 84.9 cm³/mol. The topological polar surface area (TPSA) is 31.0 Å². The van der Waals surface area contributed by atoms with E-state index in [0.717, 1.165) is 18.6 Å². The minimum Gasteiger partial charge on any atom is -0.497 e. The van der Waals surface area contributed by atoms with Gasteiger partial charge in [0.2, 0.25) is 0 Å². The summed E-state index contributed by atoms with van der Waals surface area (Å²) in [7, 11) is 1.68. The van der Waals surface area contributed by atoms with Crippen LogP contribution in [0.3, 0.4) is 0 Å². The molecule has 0 unspecified atom stereocenters. The highest BCUT2D eigenvalue weighted by molar-refractivity contribution is 5.64. The summed E-state index contributed by atoms with van der Waals surface area (Å²) < 4.78 is 16.7. The van der Waals surface area contributed by atoms with Gasteiger partial charge in [-0.05, 0) is 41.7 Å². The molecule has 0 bridgehead atoms.